The minimum absolute atomic E-state index is 0.190. The summed E-state index contributed by atoms with van der Waals surface area (Å²) in [5, 5.41) is 6.24. The zero-order chi connectivity index (χ0) is 16.7. The molecule has 0 fully saturated rings. The molecule has 0 aliphatic heterocycles. The number of nitrogens with one attached hydrogen (secondary N) is 2. The van der Waals surface area contributed by atoms with Crippen LogP contribution in [0.4, 0.5) is 0 Å². The summed E-state index contributed by atoms with van der Waals surface area (Å²) < 4.78 is 10.3. The maximum atomic E-state index is 11.9. The van der Waals surface area contributed by atoms with Gasteiger partial charge >= 0.3 is 0 Å². The average molecular weight is 315 g/mol. The van der Waals surface area contributed by atoms with Gasteiger partial charge in [-0.15, -0.1) is 0 Å². The number of carbonyl (C=O) groups is 2. The Kier molecular flexibility index (Phi) is 5.51. The molecule has 1 aromatic carbocycles. The number of ether oxygens (including phenoxy) is 1. The molecule has 1 aromatic heterocycles. The fourth-order valence-electron chi connectivity index (χ4n) is 1.76. The van der Waals surface area contributed by atoms with Crippen LogP contribution in [0.15, 0.2) is 45.9 Å². The molecule has 0 atom stereocenters. The Morgan fingerprint density at radius 3 is 2.83 bits per heavy atom. The van der Waals surface area contributed by atoms with Gasteiger partial charge in [-0.2, -0.15) is 5.10 Å². The molecule has 0 spiro atoms. The third kappa shape index (κ3) is 4.99. The molecule has 1 heterocycles. The molecule has 0 unspecified atom stereocenters. The molecule has 2 aromatic rings. The predicted octanol–water partition coefficient (Wildman–Crippen LogP) is 1.48. The molecule has 2 amide bonds. The lowest BCUT2D eigenvalue weighted by Gasteiger charge is -2.05. The summed E-state index contributed by atoms with van der Waals surface area (Å²) in [4.78, 5) is 23.5. The molecule has 0 saturated carbocycles. The van der Waals surface area contributed by atoms with Gasteiger partial charge in [-0.25, -0.2) is 5.43 Å². The Morgan fingerprint density at radius 1 is 1.30 bits per heavy atom. The maximum Gasteiger partial charge on any atom is 0.259 e. The van der Waals surface area contributed by atoms with Gasteiger partial charge in [0.05, 0.1) is 19.9 Å². The number of aryl methyl sites for hydroxylation is 1. The third-order valence-electron chi connectivity index (χ3n) is 2.88. The molecule has 7 nitrogen and oxygen atoms in total. The van der Waals surface area contributed by atoms with Crippen LogP contribution in [0.25, 0.3) is 0 Å². The summed E-state index contributed by atoms with van der Waals surface area (Å²) in [6.45, 7) is 1.62. The summed E-state index contributed by atoms with van der Waals surface area (Å²) >= 11 is 0. The van der Waals surface area contributed by atoms with E-state index in [1.807, 2.05) is 6.92 Å². The molecule has 0 aliphatic carbocycles. The standard InChI is InChI=1S/C16H17N3O4/c1-11-6-7-14(23-11)9-18-19-15(20)10-17-16(21)12-4-3-5-13(8-12)22-2/h3-9H,10H2,1-2H3,(H,17,21)(H,19,20)/b18-9+. The lowest BCUT2D eigenvalue weighted by Crippen LogP contribution is -2.34. The van der Waals surface area contributed by atoms with Gasteiger partial charge in [-0.1, -0.05) is 6.07 Å². The second-order valence-electron chi connectivity index (χ2n) is 4.66. The number of nitrogens with zero attached hydrogens (tertiary/aromatic N) is 1. The summed E-state index contributed by atoms with van der Waals surface area (Å²) in [6.07, 6.45) is 1.38. The van der Waals surface area contributed by atoms with Gasteiger partial charge in [0.25, 0.3) is 11.8 Å². The zero-order valence-electron chi connectivity index (χ0n) is 12.8. The van der Waals surface area contributed by atoms with Crippen LogP contribution >= 0.6 is 0 Å². The average Bonchev–Trinajstić information content (AvgIpc) is 2.98. The molecule has 23 heavy (non-hydrogen) atoms. The number of hydrogen-bond acceptors (Lipinski definition) is 5. The first-order valence-corrected chi connectivity index (χ1v) is 6.89. The van der Waals surface area contributed by atoms with E-state index in [1.54, 1.807) is 36.4 Å². The van der Waals surface area contributed by atoms with Crippen LogP contribution in [-0.2, 0) is 4.79 Å². The second-order valence-corrected chi connectivity index (χ2v) is 4.66. The lowest BCUT2D eigenvalue weighted by molar-refractivity contribution is -0.120. The van der Waals surface area contributed by atoms with Crippen molar-refractivity contribution in [2.24, 2.45) is 5.10 Å². The van der Waals surface area contributed by atoms with Crippen molar-refractivity contribution in [2.75, 3.05) is 13.7 Å². The van der Waals surface area contributed by atoms with E-state index in [1.165, 1.54) is 13.3 Å². The lowest BCUT2D eigenvalue weighted by atomic mass is 10.2. The number of rotatable bonds is 6. The van der Waals surface area contributed by atoms with Crippen molar-refractivity contribution < 1.29 is 18.7 Å². The molecular formula is C16H17N3O4. The van der Waals surface area contributed by atoms with E-state index in [2.05, 4.69) is 15.8 Å². The summed E-state index contributed by atoms with van der Waals surface area (Å²) in [6, 6.07) is 10.2. The van der Waals surface area contributed by atoms with Crippen molar-refractivity contribution in [2.45, 2.75) is 6.92 Å². The van der Waals surface area contributed by atoms with Crippen molar-refractivity contribution in [3.8, 4) is 5.75 Å². The fraction of sp³-hybridized carbons (Fsp3) is 0.188. The van der Waals surface area contributed by atoms with Gasteiger partial charge in [-0.3, -0.25) is 9.59 Å². The Bertz CT molecular complexity index is 722. The zero-order valence-corrected chi connectivity index (χ0v) is 12.8. The highest BCUT2D eigenvalue weighted by molar-refractivity contribution is 5.96. The molecule has 7 heteroatoms. The van der Waals surface area contributed by atoms with E-state index in [0.717, 1.165) is 5.76 Å². The van der Waals surface area contributed by atoms with Crippen LogP contribution in [0, 0.1) is 6.92 Å². The molecule has 2 N–H and O–H groups in total. The first kappa shape index (κ1) is 16.3. The van der Waals surface area contributed by atoms with E-state index in [4.69, 9.17) is 9.15 Å². The number of hydrazone groups is 1. The number of benzene rings is 1. The largest absolute Gasteiger partial charge is 0.497 e. The van der Waals surface area contributed by atoms with Crippen molar-refractivity contribution in [3.63, 3.8) is 0 Å². The van der Waals surface area contributed by atoms with Gasteiger partial charge in [-0.05, 0) is 37.3 Å². The third-order valence-corrected chi connectivity index (χ3v) is 2.88. The first-order valence-electron chi connectivity index (χ1n) is 6.89. The minimum Gasteiger partial charge on any atom is -0.497 e. The Hall–Kier alpha value is -3.09. The first-order chi connectivity index (χ1) is 11.1. The van der Waals surface area contributed by atoms with Gasteiger partial charge in [0, 0.05) is 5.56 Å². The summed E-state index contributed by atoms with van der Waals surface area (Å²) in [7, 11) is 1.52. The number of methoxy groups -OCH3 is 1. The summed E-state index contributed by atoms with van der Waals surface area (Å²) in [5.41, 5.74) is 2.71. The molecule has 0 aliphatic rings. The SMILES string of the molecule is COc1cccc(C(=O)NCC(=O)N/N=C/c2ccc(C)o2)c1. The molecule has 0 saturated heterocycles. The van der Waals surface area contributed by atoms with Crippen molar-refractivity contribution >= 4 is 18.0 Å². The molecular weight excluding hydrogens is 298 g/mol. The molecule has 120 valence electrons. The Morgan fingerprint density at radius 2 is 2.13 bits per heavy atom. The highest BCUT2D eigenvalue weighted by Gasteiger charge is 2.08. The van der Waals surface area contributed by atoms with E-state index < -0.39 is 5.91 Å². The monoisotopic (exact) mass is 315 g/mol. The number of furan rings is 1. The van der Waals surface area contributed by atoms with Gasteiger partial charge in [0.1, 0.15) is 17.3 Å². The Balaban J connectivity index is 1.79. The molecule has 2 rings (SSSR count). The van der Waals surface area contributed by atoms with E-state index >= 15 is 0 Å². The topological polar surface area (TPSA) is 92.9 Å². The van der Waals surface area contributed by atoms with Gasteiger partial charge < -0.3 is 14.5 Å². The van der Waals surface area contributed by atoms with Gasteiger partial charge in [0.2, 0.25) is 0 Å². The fourth-order valence-corrected chi connectivity index (χ4v) is 1.76. The second kappa shape index (κ2) is 7.79. The maximum absolute atomic E-state index is 11.9. The smallest absolute Gasteiger partial charge is 0.259 e. The van der Waals surface area contributed by atoms with E-state index in [0.29, 0.717) is 17.1 Å². The van der Waals surface area contributed by atoms with Crippen LogP contribution in [0.1, 0.15) is 21.9 Å². The number of amides is 2. The van der Waals surface area contributed by atoms with Gasteiger partial charge in [0.15, 0.2) is 0 Å². The number of carbonyl (C=O) groups excluding carboxylic acids is 2. The molecule has 0 bridgehead atoms. The minimum atomic E-state index is -0.444. The van der Waals surface area contributed by atoms with Crippen molar-refractivity contribution in [3.05, 3.63) is 53.5 Å². The summed E-state index contributed by atoms with van der Waals surface area (Å²) in [5.74, 6) is 1.04. The van der Waals surface area contributed by atoms with E-state index in [9.17, 15) is 9.59 Å². The van der Waals surface area contributed by atoms with Crippen LogP contribution in [0.5, 0.6) is 5.75 Å². The highest BCUT2D eigenvalue weighted by atomic mass is 16.5. The Labute approximate surface area is 133 Å². The van der Waals surface area contributed by atoms with Crippen LogP contribution in [0.3, 0.4) is 0 Å². The van der Waals surface area contributed by atoms with E-state index in [-0.39, 0.29) is 12.5 Å². The van der Waals surface area contributed by atoms with Crippen molar-refractivity contribution in [1.82, 2.24) is 10.7 Å². The number of hydrogen-bond donors (Lipinski definition) is 2. The van der Waals surface area contributed by atoms with Crippen LogP contribution < -0.4 is 15.5 Å². The van der Waals surface area contributed by atoms with Crippen LogP contribution in [0.2, 0.25) is 0 Å². The highest BCUT2D eigenvalue weighted by Crippen LogP contribution is 2.12. The predicted molar refractivity (Wildman–Crippen MR) is 84.5 cm³/mol. The quantitative estimate of drug-likeness (QED) is 0.624. The van der Waals surface area contributed by atoms with Crippen molar-refractivity contribution in [1.29, 1.82) is 0 Å². The van der Waals surface area contributed by atoms with Crippen LogP contribution in [-0.4, -0.2) is 31.7 Å². The normalized spacial score (nSPS) is 10.5. The molecule has 0 radical (unpaired) electrons.